The molecule has 0 atom stereocenters. The number of carbonyl (C=O) groups excluding carboxylic acids is 2. The van der Waals surface area contributed by atoms with Gasteiger partial charge in [-0.3, -0.25) is 20.4 Å². The van der Waals surface area contributed by atoms with E-state index in [9.17, 15) is 18.0 Å². The van der Waals surface area contributed by atoms with Crippen LogP contribution in [-0.4, -0.2) is 42.2 Å². The second-order valence-electron chi connectivity index (χ2n) is 7.16. The Kier molecular flexibility index (Phi) is 5.63. The van der Waals surface area contributed by atoms with Crippen molar-refractivity contribution in [3.8, 4) is 0 Å². The molecule has 1 fully saturated rings. The normalized spacial score (nSPS) is 15.2. The zero-order valence-electron chi connectivity index (χ0n) is 16.4. The van der Waals surface area contributed by atoms with Gasteiger partial charge in [0.05, 0.1) is 5.56 Å². The minimum absolute atomic E-state index is 0.0219. The molecule has 2 N–H and O–H groups in total. The fraction of sp³-hybridized carbons (Fsp3) is 0.300. The number of carbonyl (C=O) groups is 2. The smallest absolute Gasteiger partial charge is 0.281 e. The Hall–Kier alpha value is -2.69. The summed E-state index contributed by atoms with van der Waals surface area (Å²) in [6.45, 7) is 0.911. The maximum Gasteiger partial charge on any atom is 0.281 e. The zero-order valence-corrected chi connectivity index (χ0v) is 18.1. The van der Waals surface area contributed by atoms with Gasteiger partial charge in [-0.1, -0.05) is 24.6 Å². The number of benzene rings is 1. The molecule has 1 aliphatic rings. The monoisotopic (exact) mass is 446 g/mol. The lowest BCUT2D eigenvalue weighted by Gasteiger charge is -2.25. The van der Waals surface area contributed by atoms with Crippen LogP contribution >= 0.6 is 11.3 Å². The summed E-state index contributed by atoms with van der Waals surface area (Å²) in [5, 5.41) is 2.33. The molecule has 0 aliphatic carbocycles. The first kappa shape index (κ1) is 20.6. The van der Waals surface area contributed by atoms with Gasteiger partial charge in [-0.15, -0.1) is 11.3 Å². The van der Waals surface area contributed by atoms with Gasteiger partial charge in [0.2, 0.25) is 10.0 Å². The van der Waals surface area contributed by atoms with E-state index in [2.05, 4.69) is 10.9 Å². The summed E-state index contributed by atoms with van der Waals surface area (Å²) in [5.41, 5.74) is 6.06. The predicted molar refractivity (Wildman–Crippen MR) is 115 cm³/mol. The second-order valence-corrected chi connectivity index (χ2v) is 9.98. The van der Waals surface area contributed by atoms with Crippen LogP contribution in [0.25, 0.3) is 10.9 Å². The molecule has 0 spiro atoms. The fourth-order valence-corrected chi connectivity index (χ4v) is 6.48. The number of aryl methyl sites for hydroxylation is 1. The quantitative estimate of drug-likeness (QED) is 0.602. The minimum Gasteiger partial charge on any atom is -0.350 e. The largest absolute Gasteiger partial charge is 0.350 e. The Morgan fingerprint density at radius 1 is 1.00 bits per heavy atom. The first-order chi connectivity index (χ1) is 14.4. The Labute approximate surface area is 178 Å². The molecule has 1 saturated heterocycles. The van der Waals surface area contributed by atoms with E-state index in [1.54, 1.807) is 11.6 Å². The molecule has 8 nitrogen and oxygen atoms in total. The highest BCUT2D eigenvalue weighted by Gasteiger charge is 2.31. The van der Waals surface area contributed by atoms with E-state index in [1.807, 2.05) is 35.9 Å². The van der Waals surface area contributed by atoms with E-state index < -0.39 is 21.8 Å². The molecule has 2 amide bonds. The Balaban J connectivity index is 1.50. The van der Waals surface area contributed by atoms with E-state index in [1.165, 1.54) is 10.4 Å². The molecule has 30 heavy (non-hydrogen) atoms. The summed E-state index contributed by atoms with van der Waals surface area (Å²) in [4.78, 5) is 25.3. The highest BCUT2D eigenvalue weighted by atomic mass is 32.2. The van der Waals surface area contributed by atoms with Crippen LogP contribution in [0.1, 0.15) is 39.3 Å². The molecule has 2 aromatic heterocycles. The van der Waals surface area contributed by atoms with Gasteiger partial charge in [-0.05, 0) is 30.4 Å². The number of piperidine rings is 1. The Bertz CT molecular complexity index is 1210. The number of nitrogens with zero attached hydrogens (tertiary/aromatic N) is 2. The Morgan fingerprint density at radius 3 is 2.47 bits per heavy atom. The minimum atomic E-state index is -3.74. The number of thiophene rings is 1. The van der Waals surface area contributed by atoms with Crippen molar-refractivity contribution in [1.29, 1.82) is 0 Å². The van der Waals surface area contributed by atoms with Crippen LogP contribution in [0, 0.1) is 0 Å². The van der Waals surface area contributed by atoms with Crippen molar-refractivity contribution in [3.63, 3.8) is 0 Å². The van der Waals surface area contributed by atoms with Crippen LogP contribution in [-0.2, 0) is 17.1 Å². The maximum absolute atomic E-state index is 12.9. The van der Waals surface area contributed by atoms with Crippen LogP contribution < -0.4 is 10.9 Å². The first-order valence-corrected chi connectivity index (χ1v) is 11.9. The number of hydrogen-bond acceptors (Lipinski definition) is 5. The van der Waals surface area contributed by atoms with Gasteiger partial charge in [0, 0.05) is 37.2 Å². The maximum atomic E-state index is 12.9. The van der Waals surface area contributed by atoms with Crippen LogP contribution in [0.4, 0.5) is 0 Å². The lowest BCUT2D eigenvalue weighted by molar-refractivity contribution is 0.0848. The van der Waals surface area contributed by atoms with E-state index in [-0.39, 0.29) is 9.77 Å². The summed E-state index contributed by atoms with van der Waals surface area (Å²) < 4.78 is 29.1. The van der Waals surface area contributed by atoms with Crippen molar-refractivity contribution in [2.45, 2.75) is 24.2 Å². The number of rotatable bonds is 4. The summed E-state index contributed by atoms with van der Waals surface area (Å²) in [5.74, 6) is -1.13. The molecule has 10 heteroatoms. The van der Waals surface area contributed by atoms with Crippen LogP contribution in [0.5, 0.6) is 0 Å². The highest BCUT2D eigenvalue weighted by Crippen LogP contribution is 2.27. The van der Waals surface area contributed by atoms with E-state index in [4.69, 9.17) is 0 Å². The molecule has 0 unspecified atom stereocenters. The molecule has 1 aromatic carbocycles. The SMILES string of the molecule is Cn1cc(C(=O)NNC(=O)c2sccc2S(=O)(=O)N2CCCCC2)c2ccccc21. The van der Waals surface area contributed by atoms with Crippen molar-refractivity contribution in [3.05, 3.63) is 52.3 Å². The second kappa shape index (κ2) is 8.21. The third-order valence-corrected chi connectivity index (χ3v) is 8.18. The molecule has 3 heterocycles. The number of sulfonamides is 1. The fourth-order valence-electron chi connectivity index (χ4n) is 3.67. The van der Waals surface area contributed by atoms with Gasteiger partial charge in [-0.25, -0.2) is 8.42 Å². The average Bonchev–Trinajstić information content (AvgIpc) is 3.38. The van der Waals surface area contributed by atoms with Gasteiger partial charge in [0.15, 0.2) is 0 Å². The van der Waals surface area contributed by atoms with Gasteiger partial charge in [0.25, 0.3) is 11.8 Å². The van der Waals surface area contributed by atoms with E-state index in [0.29, 0.717) is 18.7 Å². The Morgan fingerprint density at radius 2 is 1.70 bits per heavy atom. The van der Waals surface area contributed by atoms with Crippen molar-refractivity contribution < 1.29 is 18.0 Å². The molecule has 1 aliphatic heterocycles. The summed E-state index contributed by atoms with van der Waals surface area (Å²) in [6, 6.07) is 8.88. The number of hydrogen-bond donors (Lipinski definition) is 2. The number of para-hydroxylation sites is 1. The van der Waals surface area contributed by atoms with Crippen molar-refractivity contribution in [2.24, 2.45) is 7.05 Å². The summed E-state index contributed by atoms with van der Waals surface area (Å²) in [6.07, 6.45) is 4.31. The zero-order chi connectivity index (χ0) is 21.3. The van der Waals surface area contributed by atoms with Crippen LogP contribution in [0.3, 0.4) is 0 Å². The molecule has 0 bridgehead atoms. The number of hydrazine groups is 1. The first-order valence-electron chi connectivity index (χ1n) is 9.62. The summed E-state index contributed by atoms with van der Waals surface area (Å²) in [7, 11) is -1.91. The third kappa shape index (κ3) is 3.73. The molecule has 0 saturated carbocycles. The topological polar surface area (TPSA) is 101 Å². The standard InChI is InChI=1S/C20H22N4O4S2/c1-23-13-15(14-7-3-4-8-16(14)23)19(25)21-22-20(26)18-17(9-12-29-18)30(27,28)24-10-5-2-6-11-24/h3-4,7-9,12-13H,2,5-6,10-11H2,1H3,(H,21,25)(H,22,26). The van der Waals surface area contributed by atoms with Crippen molar-refractivity contribution in [2.75, 3.05) is 13.1 Å². The molecule has 4 rings (SSSR count). The van der Waals surface area contributed by atoms with E-state index in [0.717, 1.165) is 41.5 Å². The van der Waals surface area contributed by atoms with Gasteiger partial charge in [-0.2, -0.15) is 4.31 Å². The molecule has 158 valence electrons. The average molecular weight is 447 g/mol. The van der Waals surface area contributed by atoms with Crippen LogP contribution in [0.2, 0.25) is 0 Å². The van der Waals surface area contributed by atoms with Crippen molar-refractivity contribution >= 4 is 44.1 Å². The number of aromatic nitrogens is 1. The van der Waals surface area contributed by atoms with Crippen molar-refractivity contribution in [1.82, 2.24) is 19.7 Å². The number of amides is 2. The van der Waals surface area contributed by atoms with E-state index >= 15 is 0 Å². The summed E-state index contributed by atoms with van der Waals surface area (Å²) >= 11 is 1.03. The molecule has 0 radical (unpaired) electrons. The lowest BCUT2D eigenvalue weighted by Crippen LogP contribution is -2.42. The lowest BCUT2D eigenvalue weighted by atomic mass is 10.2. The number of fused-ring (bicyclic) bond motifs is 1. The van der Waals surface area contributed by atoms with Crippen LogP contribution in [0.15, 0.2) is 46.8 Å². The highest BCUT2D eigenvalue weighted by molar-refractivity contribution is 7.89. The van der Waals surface area contributed by atoms with Gasteiger partial charge < -0.3 is 4.57 Å². The van der Waals surface area contributed by atoms with Gasteiger partial charge >= 0.3 is 0 Å². The molecular formula is C20H22N4O4S2. The predicted octanol–water partition coefficient (Wildman–Crippen LogP) is 2.49. The molecule has 3 aromatic rings. The number of nitrogens with one attached hydrogen (secondary N) is 2. The third-order valence-electron chi connectivity index (χ3n) is 5.20. The van der Waals surface area contributed by atoms with Gasteiger partial charge in [0.1, 0.15) is 9.77 Å². The molecular weight excluding hydrogens is 424 g/mol.